The molecule has 2 rings (SSSR count). The Hall–Kier alpha value is -0.900. The topological polar surface area (TPSA) is 51.0 Å². The molecule has 4 heteroatoms. The average Bonchev–Trinajstić information content (AvgIpc) is 2.91. The van der Waals surface area contributed by atoms with Crippen LogP contribution in [-0.4, -0.2) is 22.8 Å². The van der Waals surface area contributed by atoms with E-state index in [0.717, 1.165) is 43.6 Å². The summed E-state index contributed by atoms with van der Waals surface area (Å²) in [4.78, 5) is 0. The van der Waals surface area contributed by atoms with E-state index < -0.39 is 0 Å². The van der Waals surface area contributed by atoms with Gasteiger partial charge >= 0.3 is 0 Å². The van der Waals surface area contributed by atoms with Crippen LogP contribution < -0.4 is 5.32 Å². The number of aromatic nitrogens is 2. The third-order valence-corrected chi connectivity index (χ3v) is 2.39. The number of hydrogen-bond donors (Lipinski definition) is 1. The second-order valence-electron chi connectivity index (χ2n) is 3.78. The molecular formula is C10H17N3O. The van der Waals surface area contributed by atoms with E-state index in [4.69, 9.17) is 4.42 Å². The fourth-order valence-electron chi connectivity index (χ4n) is 1.37. The van der Waals surface area contributed by atoms with E-state index in [1.165, 1.54) is 12.8 Å². The van der Waals surface area contributed by atoms with Gasteiger partial charge in [0.1, 0.15) is 0 Å². The smallest absolute Gasteiger partial charge is 0.216 e. The van der Waals surface area contributed by atoms with Gasteiger partial charge in [0.25, 0.3) is 0 Å². The van der Waals surface area contributed by atoms with Crippen molar-refractivity contribution in [3.05, 3.63) is 11.8 Å². The lowest BCUT2D eigenvalue weighted by atomic mass is 10.3. The van der Waals surface area contributed by atoms with Crippen LogP contribution in [0.1, 0.15) is 38.0 Å². The number of hydrogen-bond acceptors (Lipinski definition) is 4. The molecular weight excluding hydrogens is 178 g/mol. The van der Waals surface area contributed by atoms with Crippen LogP contribution in [0.4, 0.5) is 0 Å². The fraction of sp³-hybridized carbons (Fsp3) is 0.800. The first-order chi connectivity index (χ1) is 6.88. The van der Waals surface area contributed by atoms with Crippen molar-refractivity contribution in [2.75, 3.05) is 6.54 Å². The van der Waals surface area contributed by atoms with E-state index in [-0.39, 0.29) is 0 Å². The van der Waals surface area contributed by atoms with Gasteiger partial charge in [0.05, 0.1) is 0 Å². The first-order valence-electron chi connectivity index (χ1n) is 5.43. The monoisotopic (exact) mass is 195 g/mol. The van der Waals surface area contributed by atoms with Gasteiger partial charge in [-0.25, -0.2) is 0 Å². The average molecular weight is 195 g/mol. The van der Waals surface area contributed by atoms with Crippen LogP contribution in [0.5, 0.6) is 0 Å². The minimum atomic E-state index is 0.746. The zero-order chi connectivity index (χ0) is 9.80. The minimum Gasteiger partial charge on any atom is -0.425 e. The number of nitrogens with one attached hydrogen (secondary N) is 1. The van der Waals surface area contributed by atoms with Crippen LogP contribution in [0.2, 0.25) is 0 Å². The molecule has 0 aliphatic heterocycles. The van der Waals surface area contributed by atoms with Crippen molar-refractivity contribution in [2.45, 2.75) is 45.1 Å². The summed E-state index contributed by atoms with van der Waals surface area (Å²) in [5.41, 5.74) is 0. The van der Waals surface area contributed by atoms with E-state index in [9.17, 15) is 0 Å². The van der Waals surface area contributed by atoms with E-state index in [1.54, 1.807) is 0 Å². The molecule has 0 saturated heterocycles. The molecule has 0 aromatic carbocycles. The van der Waals surface area contributed by atoms with Gasteiger partial charge in [0.15, 0.2) is 0 Å². The standard InChI is InChI=1S/C10H17N3O/c1-2-9-12-13-10(14-9)4-3-7-11-8-5-6-8/h8,11H,2-7H2,1H3. The Morgan fingerprint density at radius 2 is 2.14 bits per heavy atom. The predicted octanol–water partition coefficient (Wildman–Crippen LogP) is 1.32. The maximum atomic E-state index is 5.41. The van der Waals surface area contributed by atoms with Crippen molar-refractivity contribution in [3.8, 4) is 0 Å². The highest BCUT2D eigenvalue weighted by Gasteiger charge is 2.19. The van der Waals surface area contributed by atoms with Crippen molar-refractivity contribution < 1.29 is 4.42 Å². The van der Waals surface area contributed by atoms with Gasteiger partial charge in [-0.05, 0) is 25.8 Å². The maximum Gasteiger partial charge on any atom is 0.216 e. The Morgan fingerprint density at radius 3 is 2.79 bits per heavy atom. The summed E-state index contributed by atoms with van der Waals surface area (Å²) in [5, 5.41) is 11.4. The summed E-state index contributed by atoms with van der Waals surface area (Å²) in [7, 11) is 0. The van der Waals surface area contributed by atoms with E-state index >= 15 is 0 Å². The summed E-state index contributed by atoms with van der Waals surface area (Å²) in [6.45, 7) is 3.08. The van der Waals surface area contributed by atoms with Crippen LogP contribution in [0, 0.1) is 0 Å². The van der Waals surface area contributed by atoms with Gasteiger partial charge in [-0.15, -0.1) is 10.2 Å². The molecule has 0 amide bonds. The zero-order valence-electron chi connectivity index (χ0n) is 8.62. The molecule has 0 spiro atoms. The normalized spacial score (nSPS) is 16.1. The summed E-state index contributed by atoms with van der Waals surface area (Å²) >= 11 is 0. The lowest BCUT2D eigenvalue weighted by Crippen LogP contribution is -2.17. The zero-order valence-corrected chi connectivity index (χ0v) is 8.62. The van der Waals surface area contributed by atoms with Crippen LogP contribution >= 0.6 is 0 Å². The Kier molecular flexibility index (Phi) is 3.14. The van der Waals surface area contributed by atoms with Crippen LogP contribution in [0.15, 0.2) is 4.42 Å². The van der Waals surface area contributed by atoms with Gasteiger partial charge < -0.3 is 9.73 Å². The molecule has 78 valence electrons. The van der Waals surface area contributed by atoms with Gasteiger partial charge in [-0.2, -0.15) is 0 Å². The summed E-state index contributed by atoms with van der Waals surface area (Å²) < 4.78 is 5.41. The van der Waals surface area contributed by atoms with E-state index in [1.807, 2.05) is 6.92 Å². The van der Waals surface area contributed by atoms with Crippen molar-refractivity contribution in [2.24, 2.45) is 0 Å². The third-order valence-electron chi connectivity index (χ3n) is 2.39. The Balaban J connectivity index is 1.63. The van der Waals surface area contributed by atoms with Crippen molar-refractivity contribution in [3.63, 3.8) is 0 Å². The molecule has 14 heavy (non-hydrogen) atoms. The molecule has 0 atom stereocenters. The predicted molar refractivity (Wildman–Crippen MR) is 53.0 cm³/mol. The Labute approximate surface area is 84.1 Å². The number of aryl methyl sites for hydroxylation is 2. The molecule has 4 nitrogen and oxygen atoms in total. The van der Waals surface area contributed by atoms with Crippen LogP contribution in [-0.2, 0) is 12.8 Å². The van der Waals surface area contributed by atoms with Crippen molar-refractivity contribution in [1.82, 2.24) is 15.5 Å². The highest BCUT2D eigenvalue weighted by atomic mass is 16.4. The van der Waals surface area contributed by atoms with Crippen molar-refractivity contribution in [1.29, 1.82) is 0 Å². The quantitative estimate of drug-likeness (QED) is 0.695. The molecule has 0 radical (unpaired) electrons. The molecule has 1 aliphatic carbocycles. The first kappa shape index (κ1) is 9.65. The lowest BCUT2D eigenvalue weighted by Gasteiger charge is -1.99. The Morgan fingerprint density at radius 1 is 1.36 bits per heavy atom. The van der Waals surface area contributed by atoms with Gasteiger partial charge in [-0.3, -0.25) is 0 Å². The largest absolute Gasteiger partial charge is 0.425 e. The summed E-state index contributed by atoms with van der Waals surface area (Å²) in [5.74, 6) is 1.52. The third kappa shape index (κ3) is 2.80. The molecule has 1 aliphatic rings. The minimum absolute atomic E-state index is 0.746. The molecule has 1 fully saturated rings. The lowest BCUT2D eigenvalue weighted by molar-refractivity contribution is 0.445. The molecule has 1 aromatic rings. The van der Waals surface area contributed by atoms with Crippen LogP contribution in [0.3, 0.4) is 0 Å². The fourth-order valence-corrected chi connectivity index (χ4v) is 1.37. The second-order valence-corrected chi connectivity index (χ2v) is 3.78. The summed E-state index contributed by atoms with van der Waals surface area (Å²) in [6, 6.07) is 0.795. The van der Waals surface area contributed by atoms with E-state index in [0.29, 0.717) is 0 Å². The highest BCUT2D eigenvalue weighted by Crippen LogP contribution is 2.18. The van der Waals surface area contributed by atoms with Gasteiger partial charge in [-0.1, -0.05) is 6.92 Å². The number of nitrogens with zero attached hydrogens (tertiary/aromatic N) is 2. The first-order valence-corrected chi connectivity index (χ1v) is 5.43. The van der Waals surface area contributed by atoms with Gasteiger partial charge in [0.2, 0.25) is 11.8 Å². The van der Waals surface area contributed by atoms with E-state index in [2.05, 4.69) is 15.5 Å². The highest BCUT2D eigenvalue weighted by molar-refractivity contribution is 4.83. The summed E-state index contributed by atoms with van der Waals surface area (Å²) in [6.07, 6.45) is 5.50. The second kappa shape index (κ2) is 4.55. The van der Waals surface area contributed by atoms with Gasteiger partial charge in [0, 0.05) is 18.9 Å². The molecule has 1 saturated carbocycles. The SMILES string of the molecule is CCc1nnc(CCCNC2CC2)o1. The molecule has 0 bridgehead atoms. The molecule has 1 aromatic heterocycles. The molecule has 1 N–H and O–H groups in total. The molecule has 0 unspecified atom stereocenters. The number of rotatable bonds is 6. The molecule has 1 heterocycles. The maximum absolute atomic E-state index is 5.41. The van der Waals surface area contributed by atoms with Crippen molar-refractivity contribution >= 4 is 0 Å². The Bertz CT molecular complexity index is 281. The van der Waals surface area contributed by atoms with Crippen LogP contribution in [0.25, 0.3) is 0 Å².